The van der Waals surface area contributed by atoms with Crippen molar-refractivity contribution in [2.75, 3.05) is 6.54 Å². The van der Waals surface area contributed by atoms with Crippen LogP contribution in [0.5, 0.6) is 5.75 Å². The molecule has 13 heteroatoms. The zero-order valence-electron chi connectivity index (χ0n) is 22.2. The molecule has 2 rings (SSSR count). The third-order valence-electron chi connectivity index (χ3n) is 5.96. The maximum absolute atomic E-state index is 13.2. The van der Waals surface area contributed by atoms with Gasteiger partial charge in [0.1, 0.15) is 23.9 Å². The lowest BCUT2D eigenvalue weighted by molar-refractivity contribution is -0.142. The SMILES string of the molecule is C[C@@H](NC(=O)[C@@H](N)CCCN=C(N)N)C(=O)N[C@@H](Cc1ccc(O)cc1)C(=O)N[C@@H](Cc1ccccc1)C(=O)O. The van der Waals surface area contributed by atoms with Gasteiger partial charge in [0, 0.05) is 19.4 Å². The van der Waals surface area contributed by atoms with Crippen LogP contribution in [0.1, 0.15) is 30.9 Å². The Hall–Kier alpha value is -4.65. The van der Waals surface area contributed by atoms with Crippen molar-refractivity contribution in [2.45, 2.75) is 56.8 Å². The van der Waals surface area contributed by atoms with Gasteiger partial charge in [0.15, 0.2) is 5.96 Å². The minimum absolute atomic E-state index is 0.000497. The third kappa shape index (κ3) is 11.0. The number of carbonyl (C=O) groups is 4. The van der Waals surface area contributed by atoms with Crippen molar-refractivity contribution in [2.24, 2.45) is 22.2 Å². The fourth-order valence-electron chi connectivity index (χ4n) is 3.73. The Morgan fingerprint density at radius 2 is 1.40 bits per heavy atom. The molecule has 3 amide bonds. The normalized spacial score (nSPS) is 13.7. The number of aromatic hydroxyl groups is 1. The molecule has 0 aromatic heterocycles. The molecule has 0 bridgehead atoms. The second kappa shape index (κ2) is 15.7. The van der Waals surface area contributed by atoms with Crippen molar-refractivity contribution in [1.29, 1.82) is 0 Å². The van der Waals surface area contributed by atoms with E-state index in [-0.39, 0.29) is 31.0 Å². The number of rotatable bonds is 15. The number of carbonyl (C=O) groups excluding carboxylic acids is 3. The molecule has 0 aliphatic carbocycles. The van der Waals surface area contributed by atoms with Gasteiger partial charge in [-0.15, -0.1) is 0 Å². The largest absolute Gasteiger partial charge is 0.508 e. The zero-order chi connectivity index (χ0) is 29.7. The van der Waals surface area contributed by atoms with E-state index in [4.69, 9.17) is 17.2 Å². The van der Waals surface area contributed by atoms with Crippen molar-refractivity contribution in [3.8, 4) is 5.75 Å². The van der Waals surface area contributed by atoms with Gasteiger partial charge in [-0.25, -0.2) is 4.79 Å². The van der Waals surface area contributed by atoms with Gasteiger partial charge in [-0.05, 0) is 43.0 Å². The van der Waals surface area contributed by atoms with Gasteiger partial charge in [-0.1, -0.05) is 42.5 Å². The number of nitrogens with two attached hydrogens (primary N) is 3. The Kier molecular flexibility index (Phi) is 12.4. The maximum atomic E-state index is 13.2. The van der Waals surface area contributed by atoms with Gasteiger partial charge >= 0.3 is 5.97 Å². The van der Waals surface area contributed by atoms with Crippen LogP contribution >= 0.6 is 0 Å². The van der Waals surface area contributed by atoms with Gasteiger partial charge in [0.25, 0.3) is 0 Å². The van der Waals surface area contributed by atoms with E-state index in [1.165, 1.54) is 19.1 Å². The lowest BCUT2D eigenvalue weighted by Gasteiger charge is -2.24. The number of phenolic OH excluding ortho intramolecular Hbond substituents is 1. The monoisotopic (exact) mass is 555 g/mol. The standard InChI is InChI=1S/C27H37N7O6/c1-16(32-24(37)20(28)8-5-13-31-27(29)30)23(36)33-21(14-18-9-11-19(35)12-10-18)25(38)34-22(26(39)40)15-17-6-3-2-4-7-17/h2-4,6-7,9-12,16,20-22,35H,5,8,13-15,28H2,1H3,(H,32,37)(H,33,36)(H,34,38)(H,39,40)(H4,29,30,31)/t16-,20+,21+,22+/m1/s1. The molecule has 0 aliphatic heterocycles. The second-order valence-electron chi connectivity index (χ2n) is 9.31. The highest BCUT2D eigenvalue weighted by atomic mass is 16.4. The smallest absolute Gasteiger partial charge is 0.326 e. The molecule has 0 heterocycles. The van der Waals surface area contributed by atoms with Crippen LogP contribution in [0, 0.1) is 0 Å². The lowest BCUT2D eigenvalue weighted by atomic mass is 10.0. The van der Waals surface area contributed by atoms with Crippen LogP contribution in [0.3, 0.4) is 0 Å². The number of guanidine groups is 1. The van der Waals surface area contributed by atoms with Crippen LogP contribution in [0.15, 0.2) is 59.6 Å². The van der Waals surface area contributed by atoms with E-state index in [0.29, 0.717) is 24.1 Å². The summed E-state index contributed by atoms with van der Waals surface area (Å²) in [5, 5.41) is 26.9. The number of nitrogens with zero attached hydrogens (tertiary/aromatic N) is 1. The summed E-state index contributed by atoms with van der Waals surface area (Å²) in [7, 11) is 0. The Morgan fingerprint density at radius 3 is 2.00 bits per heavy atom. The van der Waals surface area contributed by atoms with E-state index in [1.807, 2.05) is 0 Å². The molecule has 2 aromatic carbocycles. The topological polar surface area (TPSA) is 235 Å². The summed E-state index contributed by atoms with van der Waals surface area (Å²) in [6, 6.07) is 10.4. The van der Waals surface area contributed by atoms with E-state index in [2.05, 4.69) is 20.9 Å². The number of carboxylic acids is 1. The summed E-state index contributed by atoms with van der Waals surface area (Å²) < 4.78 is 0. The van der Waals surface area contributed by atoms with Gasteiger partial charge in [0.05, 0.1) is 6.04 Å². The first kappa shape index (κ1) is 31.6. The van der Waals surface area contributed by atoms with Gasteiger partial charge in [-0.3, -0.25) is 19.4 Å². The molecule has 0 saturated carbocycles. The first-order valence-electron chi connectivity index (χ1n) is 12.7. The van der Waals surface area contributed by atoms with Gasteiger partial charge < -0.3 is 43.4 Å². The minimum atomic E-state index is -1.25. The Labute approximate surface area is 232 Å². The molecule has 0 aliphatic rings. The third-order valence-corrected chi connectivity index (χ3v) is 5.96. The summed E-state index contributed by atoms with van der Waals surface area (Å²) in [4.78, 5) is 54.4. The number of benzene rings is 2. The highest BCUT2D eigenvalue weighted by molar-refractivity contribution is 5.94. The molecule has 4 atom stereocenters. The van der Waals surface area contributed by atoms with Gasteiger partial charge in [0.2, 0.25) is 17.7 Å². The number of aliphatic imine (C=N–C) groups is 1. The molecule has 0 fully saturated rings. The zero-order valence-corrected chi connectivity index (χ0v) is 22.2. The average molecular weight is 556 g/mol. The van der Waals surface area contributed by atoms with E-state index < -0.39 is 47.9 Å². The first-order chi connectivity index (χ1) is 19.0. The van der Waals surface area contributed by atoms with E-state index in [1.54, 1.807) is 42.5 Å². The number of aliphatic carboxylic acids is 1. The summed E-state index contributed by atoms with van der Waals surface area (Å²) in [5.74, 6) is -3.24. The first-order valence-corrected chi connectivity index (χ1v) is 12.7. The van der Waals surface area contributed by atoms with Crippen LogP contribution in [0.4, 0.5) is 0 Å². The predicted octanol–water partition coefficient (Wildman–Crippen LogP) is -0.883. The van der Waals surface area contributed by atoms with Crippen LogP contribution in [0.2, 0.25) is 0 Å². The maximum Gasteiger partial charge on any atom is 0.326 e. The molecule has 11 N–H and O–H groups in total. The number of hydrogen-bond donors (Lipinski definition) is 8. The Bertz CT molecular complexity index is 1170. The van der Waals surface area contributed by atoms with Crippen molar-refractivity contribution in [3.05, 3.63) is 65.7 Å². The molecule has 0 radical (unpaired) electrons. The van der Waals surface area contributed by atoms with Gasteiger partial charge in [-0.2, -0.15) is 0 Å². The summed E-state index contributed by atoms with van der Waals surface area (Å²) in [6.07, 6.45) is 0.770. The predicted molar refractivity (Wildman–Crippen MR) is 149 cm³/mol. The van der Waals surface area contributed by atoms with Crippen molar-refractivity contribution >= 4 is 29.7 Å². The van der Waals surface area contributed by atoms with Crippen molar-refractivity contribution in [3.63, 3.8) is 0 Å². The van der Waals surface area contributed by atoms with Crippen molar-refractivity contribution < 1.29 is 29.4 Å². The van der Waals surface area contributed by atoms with E-state index >= 15 is 0 Å². The number of hydrogen-bond acceptors (Lipinski definition) is 7. The Balaban J connectivity index is 2.09. The van der Waals surface area contributed by atoms with Crippen LogP contribution in [0.25, 0.3) is 0 Å². The van der Waals surface area contributed by atoms with Crippen LogP contribution in [-0.4, -0.2) is 70.6 Å². The molecule has 216 valence electrons. The second-order valence-corrected chi connectivity index (χ2v) is 9.31. The fraction of sp³-hybridized carbons (Fsp3) is 0.370. The fourth-order valence-corrected chi connectivity index (χ4v) is 3.73. The molecule has 2 aromatic rings. The highest BCUT2D eigenvalue weighted by Crippen LogP contribution is 2.12. The molecule has 0 spiro atoms. The summed E-state index contributed by atoms with van der Waals surface area (Å²) in [5.41, 5.74) is 17.7. The highest BCUT2D eigenvalue weighted by Gasteiger charge is 2.29. The lowest BCUT2D eigenvalue weighted by Crippen LogP contribution is -2.57. The number of amides is 3. The molecule has 13 nitrogen and oxygen atoms in total. The number of phenols is 1. The van der Waals surface area contributed by atoms with E-state index in [0.717, 1.165) is 0 Å². The molecule has 0 unspecified atom stereocenters. The van der Waals surface area contributed by atoms with Crippen LogP contribution < -0.4 is 33.2 Å². The molecular formula is C27H37N7O6. The van der Waals surface area contributed by atoms with Crippen molar-refractivity contribution in [1.82, 2.24) is 16.0 Å². The summed E-state index contributed by atoms with van der Waals surface area (Å²) in [6.45, 7) is 1.74. The average Bonchev–Trinajstić information content (AvgIpc) is 2.91. The molecule has 40 heavy (non-hydrogen) atoms. The Morgan fingerprint density at radius 1 is 0.825 bits per heavy atom. The number of carboxylic acid groups (broad SMARTS) is 1. The quantitative estimate of drug-likeness (QED) is 0.0772. The molecular weight excluding hydrogens is 518 g/mol. The number of nitrogens with one attached hydrogen (secondary N) is 3. The summed E-state index contributed by atoms with van der Waals surface area (Å²) >= 11 is 0. The van der Waals surface area contributed by atoms with E-state index in [9.17, 15) is 29.4 Å². The van der Waals surface area contributed by atoms with Crippen LogP contribution in [-0.2, 0) is 32.0 Å². The molecule has 0 saturated heterocycles. The minimum Gasteiger partial charge on any atom is -0.508 e.